The van der Waals surface area contributed by atoms with Gasteiger partial charge in [0.15, 0.2) is 5.65 Å². The summed E-state index contributed by atoms with van der Waals surface area (Å²) in [6.07, 6.45) is 5.07. The molecule has 0 amide bonds. The minimum absolute atomic E-state index is 0.377. The Morgan fingerprint density at radius 2 is 2.06 bits per heavy atom. The van der Waals surface area contributed by atoms with Gasteiger partial charge in [-0.2, -0.15) is 4.52 Å². The predicted octanol–water partition coefficient (Wildman–Crippen LogP) is 1.75. The lowest BCUT2D eigenvalue weighted by atomic mass is 10.2. The molecule has 0 bridgehead atoms. The third-order valence-electron chi connectivity index (χ3n) is 2.36. The normalized spacial score (nSPS) is 11.7. The van der Waals surface area contributed by atoms with E-state index in [0.29, 0.717) is 11.8 Å². The number of rotatable bonds is 2. The molecule has 0 aliphatic heterocycles. The highest BCUT2D eigenvalue weighted by molar-refractivity contribution is 5.68. The fraction of sp³-hybridized carbons (Fsp3) is 0.364. The second-order valence-corrected chi connectivity index (χ2v) is 3.67. The van der Waals surface area contributed by atoms with Crippen molar-refractivity contribution < 1.29 is 0 Å². The van der Waals surface area contributed by atoms with Crippen LogP contribution in [0.25, 0.3) is 11.7 Å². The highest BCUT2D eigenvalue weighted by Crippen LogP contribution is 2.17. The van der Waals surface area contributed by atoms with Gasteiger partial charge in [0.2, 0.25) is 5.95 Å². The fourth-order valence-electron chi connectivity index (χ4n) is 1.62. The van der Waals surface area contributed by atoms with E-state index in [4.69, 9.17) is 5.73 Å². The molecule has 0 spiro atoms. The summed E-state index contributed by atoms with van der Waals surface area (Å²) in [6.45, 7) is 5.85. The Labute approximate surface area is 94.0 Å². The van der Waals surface area contributed by atoms with Crippen LogP contribution in [0, 0.1) is 13.8 Å². The molecule has 5 nitrogen and oxygen atoms in total. The molecule has 2 aromatic rings. The van der Waals surface area contributed by atoms with Crippen LogP contribution in [0.5, 0.6) is 0 Å². The summed E-state index contributed by atoms with van der Waals surface area (Å²) >= 11 is 0. The minimum atomic E-state index is 0.377. The molecule has 16 heavy (non-hydrogen) atoms. The van der Waals surface area contributed by atoms with E-state index in [1.165, 1.54) is 0 Å². The van der Waals surface area contributed by atoms with E-state index >= 15 is 0 Å². The zero-order chi connectivity index (χ0) is 11.7. The zero-order valence-corrected chi connectivity index (χ0v) is 9.73. The highest BCUT2D eigenvalue weighted by atomic mass is 15.3. The van der Waals surface area contributed by atoms with E-state index in [2.05, 4.69) is 28.1 Å². The third-order valence-corrected chi connectivity index (χ3v) is 2.36. The maximum atomic E-state index is 5.79. The van der Waals surface area contributed by atoms with E-state index in [0.717, 1.165) is 23.3 Å². The van der Waals surface area contributed by atoms with Crippen LogP contribution in [0.1, 0.15) is 30.4 Å². The Balaban J connectivity index is 2.75. The first-order valence-corrected chi connectivity index (χ1v) is 5.29. The molecule has 2 heterocycles. The number of fused-ring (bicyclic) bond motifs is 1. The summed E-state index contributed by atoms with van der Waals surface area (Å²) in [7, 11) is 0. The molecule has 2 N–H and O–H groups in total. The van der Waals surface area contributed by atoms with Crippen LogP contribution in [0.2, 0.25) is 0 Å². The largest absolute Gasteiger partial charge is 0.368 e. The first-order valence-electron chi connectivity index (χ1n) is 5.29. The summed E-state index contributed by atoms with van der Waals surface area (Å²) < 4.78 is 1.58. The molecule has 0 radical (unpaired) electrons. The summed E-state index contributed by atoms with van der Waals surface area (Å²) in [5, 5.41) is 4.21. The molecule has 0 saturated heterocycles. The van der Waals surface area contributed by atoms with Gasteiger partial charge in [-0.1, -0.05) is 19.1 Å². The Kier molecular flexibility index (Phi) is 2.60. The molecule has 0 unspecified atom stereocenters. The monoisotopic (exact) mass is 217 g/mol. The molecule has 2 rings (SSSR count). The molecular weight excluding hydrogens is 202 g/mol. The molecule has 0 saturated carbocycles. The van der Waals surface area contributed by atoms with Crippen molar-refractivity contribution in [3.05, 3.63) is 23.2 Å². The Morgan fingerprint density at radius 3 is 2.75 bits per heavy atom. The number of nitrogens with two attached hydrogens (primary N) is 1. The second-order valence-electron chi connectivity index (χ2n) is 3.67. The van der Waals surface area contributed by atoms with Crippen LogP contribution in [0.15, 0.2) is 6.08 Å². The zero-order valence-electron chi connectivity index (χ0n) is 9.73. The number of hydrogen-bond donors (Lipinski definition) is 1. The average Bonchev–Trinajstić information content (AvgIpc) is 2.60. The molecule has 0 aromatic carbocycles. The maximum absolute atomic E-state index is 5.79. The fourth-order valence-corrected chi connectivity index (χ4v) is 1.62. The standard InChI is InChI=1S/C11H15N5/c1-4-5-6-9-7(2)13-11(12)16-10(9)14-8(3)15-16/h5-6H,4H2,1-3H3,(H2,12,13)/b6-5-. The minimum Gasteiger partial charge on any atom is -0.368 e. The van der Waals surface area contributed by atoms with Crippen molar-refractivity contribution in [3.63, 3.8) is 0 Å². The number of anilines is 1. The topological polar surface area (TPSA) is 69.1 Å². The van der Waals surface area contributed by atoms with E-state index < -0.39 is 0 Å². The van der Waals surface area contributed by atoms with E-state index in [1.54, 1.807) is 4.52 Å². The molecule has 0 atom stereocenters. The van der Waals surface area contributed by atoms with Crippen molar-refractivity contribution in [2.24, 2.45) is 0 Å². The lowest BCUT2D eigenvalue weighted by Gasteiger charge is -2.03. The van der Waals surface area contributed by atoms with Crippen molar-refractivity contribution in [3.8, 4) is 0 Å². The van der Waals surface area contributed by atoms with E-state index in [-0.39, 0.29) is 0 Å². The van der Waals surface area contributed by atoms with Crippen molar-refractivity contribution in [1.29, 1.82) is 0 Å². The number of nitrogens with zero attached hydrogens (tertiary/aromatic N) is 4. The lowest BCUT2D eigenvalue weighted by molar-refractivity contribution is 0.904. The first-order chi connectivity index (χ1) is 7.63. The second kappa shape index (κ2) is 3.92. The molecule has 5 heteroatoms. The van der Waals surface area contributed by atoms with Crippen LogP contribution >= 0.6 is 0 Å². The van der Waals surface area contributed by atoms with E-state index in [1.807, 2.05) is 19.9 Å². The molecule has 84 valence electrons. The lowest BCUT2D eigenvalue weighted by Crippen LogP contribution is -2.05. The van der Waals surface area contributed by atoms with Crippen LogP contribution in [0.4, 0.5) is 5.95 Å². The summed E-state index contributed by atoms with van der Waals surface area (Å²) in [5.41, 5.74) is 8.42. The van der Waals surface area contributed by atoms with Gasteiger partial charge in [0.25, 0.3) is 0 Å². The summed E-state index contributed by atoms with van der Waals surface area (Å²) in [6, 6.07) is 0. The number of aromatic nitrogens is 4. The van der Waals surface area contributed by atoms with Gasteiger partial charge < -0.3 is 5.73 Å². The number of hydrogen-bond acceptors (Lipinski definition) is 4. The maximum Gasteiger partial charge on any atom is 0.223 e. The number of allylic oxidation sites excluding steroid dienone is 1. The Hall–Kier alpha value is -1.91. The smallest absolute Gasteiger partial charge is 0.223 e. The van der Waals surface area contributed by atoms with Crippen LogP contribution in [0.3, 0.4) is 0 Å². The molecule has 0 aliphatic carbocycles. The molecular formula is C11H15N5. The molecule has 0 aliphatic rings. The third kappa shape index (κ3) is 1.64. The van der Waals surface area contributed by atoms with Gasteiger partial charge in [-0.05, 0) is 20.3 Å². The van der Waals surface area contributed by atoms with Crippen molar-refractivity contribution in [1.82, 2.24) is 19.6 Å². The molecule has 2 aromatic heterocycles. The first kappa shape index (κ1) is 10.6. The van der Waals surface area contributed by atoms with E-state index in [9.17, 15) is 0 Å². The summed E-state index contributed by atoms with van der Waals surface area (Å²) in [5.74, 6) is 1.08. The summed E-state index contributed by atoms with van der Waals surface area (Å²) in [4.78, 5) is 8.62. The number of nitrogen functional groups attached to an aromatic ring is 1. The Morgan fingerprint density at radius 1 is 1.31 bits per heavy atom. The van der Waals surface area contributed by atoms with Gasteiger partial charge in [0, 0.05) is 5.56 Å². The van der Waals surface area contributed by atoms with Gasteiger partial charge in [-0.3, -0.25) is 0 Å². The van der Waals surface area contributed by atoms with Crippen LogP contribution < -0.4 is 5.73 Å². The molecule has 0 fully saturated rings. The highest BCUT2D eigenvalue weighted by Gasteiger charge is 2.10. The van der Waals surface area contributed by atoms with Gasteiger partial charge in [0.05, 0.1) is 5.69 Å². The SMILES string of the molecule is CC/C=C\c1c(C)nc(N)n2nc(C)nc12. The van der Waals surface area contributed by atoms with Crippen LogP contribution in [-0.4, -0.2) is 19.6 Å². The Bertz CT molecular complexity index is 553. The van der Waals surface area contributed by atoms with Gasteiger partial charge in [-0.25, -0.2) is 9.97 Å². The quantitative estimate of drug-likeness (QED) is 0.832. The predicted molar refractivity (Wildman–Crippen MR) is 64.0 cm³/mol. The van der Waals surface area contributed by atoms with Gasteiger partial charge >= 0.3 is 0 Å². The van der Waals surface area contributed by atoms with Crippen molar-refractivity contribution >= 4 is 17.7 Å². The van der Waals surface area contributed by atoms with Gasteiger partial charge in [-0.15, -0.1) is 5.10 Å². The average molecular weight is 217 g/mol. The van der Waals surface area contributed by atoms with Crippen molar-refractivity contribution in [2.45, 2.75) is 27.2 Å². The van der Waals surface area contributed by atoms with Crippen molar-refractivity contribution in [2.75, 3.05) is 5.73 Å². The number of aryl methyl sites for hydroxylation is 2. The van der Waals surface area contributed by atoms with Gasteiger partial charge in [0.1, 0.15) is 5.82 Å². The van der Waals surface area contributed by atoms with Crippen LogP contribution in [-0.2, 0) is 0 Å².